The third kappa shape index (κ3) is 4.36. The Hall–Kier alpha value is -1.32. The van der Waals surface area contributed by atoms with E-state index in [-0.39, 0.29) is 11.8 Å². The average Bonchev–Trinajstić information content (AvgIpc) is 2.44. The lowest BCUT2D eigenvalue weighted by Crippen LogP contribution is -2.37. The number of anilines is 2. The van der Waals surface area contributed by atoms with Crippen molar-refractivity contribution in [2.75, 3.05) is 21.3 Å². The molecule has 1 aliphatic heterocycles. The van der Waals surface area contributed by atoms with Gasteiger partial charge in [-0.1, -0.05) is 0 Å². The lowest BCUT2D eigenvalue weighted by molar-refractivity contribution is 0.575. The van der Waals surface area contributed by atoms with Crippen LogP contribution in [0.4, 0.5) is 11.4 Å². The van der Waals surface area contributed by atoms with Crippen molar-refractivity contribution in [3.63, 3.8) is 0 Å². The first-order valence-electron chi connectivity index (χ1n) is 7.58. The van der Waals surface area contributed by atoms with E-state index < -0.39 is 20.2 Å². The van der Waals surface area contributed by atoms with Crippen molar-refractivity contribution in [3.8, 4) is 0 Å². The van der Waals surface area contributed by atoms with Crippen molar-refractivity contribution in [3.05, 3.63) is 23.8 Å². The highest BCUT2D eigenvalue weighted by molar-refractivity contribution is 7.92. The number of hydrogen-bond acceptors (Lipinski definition) is 4. The van der Waals surface area contributed by atoms with Gasteiger partial charge < -0.3 is 0 Å². The molecule has 1 heterocycles. The number of rotatable bonds is 6. The Balaban J connectivity index is 2.30. The average molecular weight is 361 g/mol. The molecule has 0 amide bonds. The summed E-state index contributed by atoms with van der Waals surface area (Å²) >= 11 is 0. The number of nitrogens with zero attached hydrogens (tertiary/aromatic N) is 1. The van der Waals surface area contributed by atoms with Crippen LogP contribution >= 0.6 is 0 Å². The fourth-order valence-corrected chi connectivity index (χ4v) is 4.88. The molecule has 0 bridgehead atoms. The van der Waals surface area contributed by atoms with Crippen LogP contribution in [0.3, 0.4) is 0 Å². The van der Waals surface area contributed by atoms with E-state index in [1.54, 1.807) is 39.0 Å². The maximum Gasteiger partial charge on any atom is 0.299 e. The third-order valence-electron chi connectivity index (χ3n) is 3.50. The fraction of sp³-hybridized carbons (Fsp3) is 0.571. The molecule has 0 fully saturated rings. The van der Waals surface area contributed by atoms with Gasteiger partial charge in [0, 0.05) is 12.6 Å². The van der Waals surface area contributed by atoms with Crippen LogP contribution in [0.2, 0.25) is 0 Å². The molecule has 0 saturated heterocycles. The molecule has 0 aliphatic carbocycles. The van der Waals surface area contributed by atoms with Crippen LogP contribution in [0.5, 0.6) is 0 Å². The second-order valence-corrected chi connectivity index (χ2v) is 9.43. The maximum atomic E-state index is 12.2. The molecule has 0 aromatic heterocycles. The number of nitrogens with one attached hydrogen (secondary N) is 2. The molecule has 2 N–H and O–H groups in total. The number of hydrogen-bond donors (Lipinski definition) is 2. The Bertz CT molecular complexity index is 773. The topological polar surface area (TPSA) is 95.6 Å². The van der Waals surface area contributed by atoms with Gasteiger partial charge >= 0.3 is 0 Å². The zero-order valence-corrected chi connectivity index (χ0v) is 15.2. The van der Waals surface area contributed by atoms with Crippen molar-refractivity contribution in [2.24, 2.45) is 0 Å². The SMILES string of the molecule is CCS(=O)(=O)N1CCCc2cc(NS(=O)(=O)NC(C)C)ccc21. The van der Waals surface area contributed by atoms with E-state index in [0.717, 1.165) is 12.0 Å². The smallest absolute Gasteiger partial charge is 0.271 e. The molecule has 23 heavy (non-hydrogen) atoms. The van der Waals surface area contributed by atoms with Crippen molar-refractivity contribution in [1.29, 1.82) is 0 Å². The molecule has 0 unspecified atom stereocenters. The summed E-state index contributed by atoms with van der Waals surface area (Å²) in [4.78, 5) is 0. The fourth-order valence-electron chi connectivity index (χ4n) is 2.57. The highest BCUT2D eigenvalue weighted by Gasteiger charge is 2.26. The van der Waals surface area contributed by atoms with E-state index in [0.29, 0.717) is 24.3 Å². The summed E-state index contributed by atoms with van der Waals surface area (Å²) in [5, 5.41) is 0. The molecule has 1 aromatic rings. The first-order chi connectivity index (χ1) is 10.6. The Labute approximate surface area is 138 Å². The second-order valence-electron chi connectivity index (χ2n) is 5.80. The van der Waals surface area contributed by atoms with E-state index in [1.807, 2.05) is 0 Å². The monoisotopic (exact) mass is 361 g/mol. The predicted molar refractivity (Wildman–Crippen MR) is 92.4 cm³/mol. The third-order valence-corrected chi connectivity index (χ3v) is 6.57. The van der Waals surface area contributed by atoms with E-state index in [9.17, 15) is 16.8 Å². The number of benzene rings is 1. The molecule has 0 atom stereocenters. The highest BCUT2D eigenvalue weighted by atomic mass is 32.2. The summed E-state index contributed by atoms with van der Waals surface area (Å²) in [6.07, 6.45) is 1.44. The first-order valence-corrected chi connectivity index (χ1v) is 10.7. The second kappa shape index (κ2) is 6.66. The van der Waals surface area contributed by atoms with Gasteiger partial charge in [-0.25, -0.2) is 8.42 Å². The van der Waals surface area contributed by atoms with Crippen molar-refractivity contribution in [1.82, 2.24) is 4.72 Å². The normalized spacial score (nSPS) is 15.6. The molecular weight excluding hydrogens is 338 g/mol. The van der Waals surface area contributed by atoms with Crippen LogP contribution in [-0.4, -0.2) is 35.2 Å². The summed E-state index contributed by atoms with van der Waals surface area (Å²) in [5.41, 5.74) is 1.89. The molecular formula is C14H23N3O4S2. The standard InChI is InChI=1S/C14H23N3O4S2/c1-4-22(18,19)17-9-5-6-12-10-13(7-8-14(12)17)16-23(20,21)15-11(2)3/h7-8,10-11,15-16H,4-6,9H2,1-3H3. The number of aryl methyl sites for hydroxylation is 1. The Kier molecular flexibility index (Phi) is 5.22. The summed E-state index contributed by atoms with van der Waals surface area (Å²) < 4.78 is 54.5. The van der Waals surface area contributed by atoms with Crippen molar-refractivity contribution >= 4 is 31.6 Å². The van der Waals surface area contributed by atoms with Crippen LogP contribution in [0.25, 0.3) is 0 Å². The largest absolute Gasteiger partial charge is 0.299 e. The van der Waals surface area contributed by atoms with Gasteiger partial charge in [0.1, 0.15) is 0 Å². The van der Waals surface area contributed by atoms with Gasteiger partial charge in [-0.2, -0.15) is 13.1 Å². The van der Waals surface area contributed by atoms with E-state index in [2.05, 4.69) is 9.44 Å². The minimum Gasteiger partial charge on any atom is -0.271 e. The van der Waals surface area contributed by atoms with E-state index in [1.165, 1.54) is 4.31 Å². The summed E-state index contributed by atoms with van der Waals surface area (Å²) in [7, 11) is -6.96. The minimum absolute atomic E-state index is 0.0408. The number of fused-ring (bicyclic) bond motifs is 1. The van der Waals surface area contributed by atoms with Gasteiger partial charge in [0.25, 0.3) is 10.2 Å². The Morgan fingerprint density at radius 1 is 1.22 bits per heavy atom. The van der Waals surface area contributed by atoms with Gasteiger partial charge in [0.15, 0.2) is 0 Å². The quantitative estimate of drug-likeness (QED) is 0.801. The van der Waals surface area contributed by atoms with Crippen molar-refractivity contribution < 1.29 is 16.8 Å². The lowest BCUT2D eigenvalue weighted by atomic mass is 10.0. The van der Waals surface area contributed by atoms with Crippen molar-refractivity contribution in [2.45, 2.75) is 39.7 Å². The van der Waals surface area contributed by atoms with Gasteiger partial charge in [-0.15, -0.1) is 0 Å². The molecule has 2 rings (SSSR count). The molecule has 9 heteroatoms. The molecule has 0 radical (unpaired) electrons. The molecule has 0 spiro atoms. The van der Waals surface area contributed by atoms with Gasteiger partial charge in [0.2, 0.25) is 10.0 Å². The zero-order valence-electron chi connectivity index (χ0n) is 13.5. The first kappa shape index (κ1) is 18.0. The zero-order chi connectivity index (χ0) is 17.3. The van der Waals surface area contributed by atoms with E-state index >= 15 is 0 Å². The summed E-state index contributed by atoms with van der Waals surface area (Å²) in [6, 6.07) is 4.73. The Morgan fingerprint density at radius 2 is 1.91 bits per heavy atom. The van der Waals surface area contributed by atoms with Crippen LogP contribution in [0.15, 0.2) is 18.2 Å². The number of sulfonamides is 1. The predicted octanol–water partition coefficient (Wildman–Crippen LogP) is 1.44. The Morgan fingerprint density at radius 3 is 2.52 bits per heavy atom. The van der Waals surface area contributed by atoms with Gasteiger partial charge in [0.05, 0.1) is 17.1 Å². The van der Waals surface area contributed by atoms with Crippen LogP contribution in [0, 0.1) is 0 Å². The van der Waals surface area contributed by atoms with Gasteiger partial charge in [-0.3, -0.25) is 9.03 Å². The maximum absolute atomic E-state index is 12.2. The molecule has 130 valence electrons. The molecule has 1 aliphatic rings. The highest BCUT2D eigenvalue weighted by Crippen LogP contribution is 2.31. The van der Waals surface area contributed by atoms with Crippen LogP contribution < -0.4 is 13.7 Å². The molecule has 7 nitrogen and oxygen atoms in total. The van der Waals surface area contributed by atoms with Gasteiger partial charge in [-0.05, 0) is 57.4 Å². The summed E-state index contributed by atoms with van der Waals surface area (Å²) in [6.45, 7) is 5.55. The van der Waals surface area contributed by atoms with E-state index in [4.69, 9.17) is 0 Å². The minimum atomic E-state index is -3.64. The summed E-state index contributed by atoms with van der Waals surface area (Å²) in [5.74, 6) is 0.0408. The van der Waals surface area contributed by atoms with Crippen LogP contribution in [-0.2, 0) is 26.7 Å². The molecule has 1 aromatic carbocycles. The lowest BCUT2D eigenvalue weighted by Gasteiger charge is -2.30. The van der Waals surface area contributed by atoms with Crippen LogP contribution in [0.1, 0.15) is 32.8 Å². The molecule has 0 saturated carbocycles.